The largest absolute Gasteiger partial charge is 0.497 e. The number of methoxy groups -OCH3 is 1. The molecule has 6 heteroatoms. The molecule has 2 rings (SSSR count). The lowest BCUT2D eigenvalue weighted by molar-refractivity contribution is 0.0675. The van der Waals surface area contributed by atoms with Crippen molar-refractivity contribution in [2.75, 3.05) is 20.3 Å². The predicted molar refractivity (Wildman–Crippen MR) is 94.8 cm³/mol. The molecule has 0 aromatic heterocycles. The number of hydrogen-bond donors (Lipinski definition) is 1. The van der Waals surface area contributed by atoms with Gasteiger partial charge in [-0.2, -0.15) is 0 Å². The van der Waals surface area contributed by atoms with Crippen LogP contribution in [0, 0.1) is 5.41 Å². The molecule has 24 heavy (non-hydrogen) atoms. The van der Waals surface area contributed by atoms with Crippen LogP contribution >= 0.6 is 0 Å². The molecule has 1 saturated carbocycles. The van der Waals surface area contributed by atoms with E-state index in [1.54, 1.807) is 24.3 Å². The summed E-state index contributed by atoms with van der Waals surface area (Å²) in [6.07, 6.45) is 3.43. The molecule has 5 nitrogen and oxygen atoms in total. The molecule has 0 heterocycles. The minimum absolute atomic E-state index is 0.158. The van der Waals surface area contributed by atoms with Crippen LogP contribution in [-0.4, -0.2) is 34.3 Å². The van der Waals surface area contributed by atoms with Crippen molar-refractivity contribution in [1.29, 1.82) is 0 Å². The fourth-order valence-corrected chi connectivity index (χ4v) is 4.08. The summed E-state index contributed by atoms with van der Waals surface area (Å²) in [5.41, 5.74) is -0.141. The highest BCUT2D eigenvalue weighted by atomic mass is 32.2. The number of rotatable bonds is 9. The fourth-order valence-electron chi connectivity index (χ4n) is 2.56. The molecule has 1 aromatic carbocycles. The molecule has 0 amide bonds. The van der Waals surface area contributed by atoms with Gasteiger partial charge in [0.1, 0.15) is 5.75 Å². The molecule has 136 valence electrons. The first kappa shape index (κ1) is 19.2. The van der Waals surface area contributed by atoms with E-state index in [9.17, 15) is 8.42 Å². The molecular weight excluding hydrogens is 326 g/mol. The summed E-state index contributed by atoms with van der Waals surface area (Å²) in [5, 5.41) is 0. The summed E-state index contributed by atoms with van der Waals surface area (Å²) in [6, 6.07) is 6.56. The molecule has 1 aliphatic carbocycles. The maximum absolute atomic E-state index is 12.6. The van der Waals surface area contributed by atoms with Crippen LogP contribution in [0.1, 0.15) is 46.5 Å². The zero-order valence-corrected chi connectivity index (χ0v) is 15.9. The second kappa shape index (κ2) is 7.42. The molecule has 0 radical (unpaired) electrons. The molecule has 1 aromatic rings. The Morgan fingerprint density at radius 1 is 1.25 bits per heavy atom. The topological polar surface area (TPSA) is 64.6 Å². The Balaban J connectivity index is 1.87. The van der Waals surface area contributed by atoms with E-state index in [2.05, 4.69) is 25.5 Å². The van der Waals surface area contributed by atoms with Crippen molar-refractivity contribution in [2.45, 2.75) is 56.9 Å². The van der Waals surface area contributed by atoms with Crippen LogP contribution in [-0.2, 0) is 14.8 Å². The van der Waals surface area contributed by atoms with E-state index >= 15 is 0 Å². The van der Waals surface area contributed by atoms with Gasteiger partial charge in [-0.15, -0.1) is 0 Å². The van der Waals surface area contributed by atoms with E-state index in [1.165, 1.54) is 7.11 Å². The highest BCUT2D eigenvalue weighted by Gasteiger charge is 2.45. The van der Waals surface area contributed by atoms with Crippen molar-refractivity contribution in [3.8, 4) is 5.75 Å². The first-order valence-electron chi connectivity index (χ1n) is 8.42. The van der Waals surface area contributed by atoms with Crippen LogP contribution < -0.4 is 9.46 Å². The number of benzene rings is 1. The average Bonchev–Trinajstić information content (AvgIpc) is 3.24. The third-order valence-corrected chi connectivity index (χ3v) is 5.61. The highest BCUT2D eigenvalue weighted by Crippen LogP contribution is 2.41. The van der Waals surface area contributed by atoms with Gasteiger partial charge in [0, 0.05) is 18.2 Å². The van der Waals surface area contributed by atoms with Gasteiger partial charge in [-0.3, -0.25) is 0 Å². The number of ether oxygens (including phenoxy) is 2. The fraction of sp³-hybridized carbons (Fsp3) is 0.667. The minimum Gasteiger partial charge on any atom is -0.497 e. The summed E-state index contributed by atoms with van der Waals surface area (Å²) in [6.45, 7) is 7.79. The average molecular weight is 356 g/mol. The standard InChI is InChI=1S/C18H29NO4S/c1-17(2,3)14-23-12-6-9-18(10-11-18)19-24(20,21)16-8-5-7-15(13-16)22-4/h5,7-8,13,19H,6,9-12,14H2,1-4H3. The van der Waals surface area contributed by atoms with Gasteiger partial charge in [-0.1, -0.05) is 26.8 Å². The van der Waals surface area contributed by atoms with Crippen LogP contribution in [0.3, 0.4) is 0 Å². The Kier molecular flexibility index (Phi) is 5.94. The SMILES string of the molecule is COc1cccc(S(=O)(=O)NC2(CCCOCC(C)(C)C)CC2)c1. The summed E-state index contributed by atoms with van der Waals surface area (Å²) >= 11 is 0. The summed E-state index contributed by atoms with van der Waals surface area (Å²) in [5.74, 6) is 0.540. The molecule has 0 aliphatic heterocycles. The maximum Gasteiger partial charge on any atom is 0.241 e. The van der Waals surface area contributed by atoms with Crippen molar-refractivity contribution < 1.29 is 17.9 Å². The molecule has 1 N–H and O–H groups in total. The molecule has 0 atom stereocenters. The van der Waals surface area contributed by atoms with Crippen molar-refractivity contribution >= 4 is 10.0 Å². The summed E-state index contributed by atoms with van der Waals surface area (Å²) in [4.78, 5) is 0.247. The Hall–Kier alpha value is -1.11. The maximum atomic E-state index is 12.6. The van der Waals surface area contributed by atoms with Crippen molar-refractivity contribution in [1.82, 2.24) is 4.72 Å². The predicted octanol–water partition coefficient (Wildman–Crippen LogP) is 3.35. The van der Waals surface area contributed by atoms with E-state index in [1.807, 2.05) is 0 Å². The first-order valence-corrected chi connectivity index (χ1v) is 9.90. The Labute approximate surface area is 145 Å². The van der Waals surface area contributed by atoms with E-state index < -0.39 is 10.0 Å². The van der Waals surface area contributed by atoms with Crippen molar-refractivity contribution in [2.24, 2.45) is 5.41 Å². The zero-order chi connectivity index (χ0) is 17.8. The van der Waals surface area contributed by atoms with Crippen LogP contribution in [0.2, 0.25) is 0 Å². The van der Waals surface area contributed by atoms with Crippen LogP contribution in [0.5, 0.6) is 5.75 Å². The van der Waals surface area contributed by atoms with E-state index in [0.29, 0.717) is 12.4 Å². The quantitative estimate of drug-likeness (QED) is 0.690. The molecule has 1 fully saturated rings. The lowest BCUT2D eigenvalue weighted by Gasteiger charge is -2.20. The van der Waals surface area contributed by atoms with Gasteiger partial charge in [0.05, 0.1) is 18.6 Å². The number of sulfonamides is 1. The Morgan fingerprint density at radius 3 is 2.54 bits per heavy atom. The van der Waals surface area contributed by atoms with Crippen LogP contribution in [0.15, 0.2) is 29.2 Å². The minimum atomic E-state index is -3.52. The lowest BCUT2D eigenvalue weighted by atomic mass is 9.99. The number of nitrogens with one attached hydrogen (secondary N) is 1. The van der Waals surface area contributed by atoms with Gasteiger partial charge in [-0.05, 0) is 43.2 Å². The molecule has 1 aliphatic rings. The van der Waals surface area contributed by atoms with Gasteiger partial charge in [0.15, 0.2) is 0 Å². The normalized spacial score (nSPS) is 16.8. The van der Waals surface area contributed by atoms with E-state index in [0.717, 1.165) is 32.3 Å². The van der Waals surface area contributed by atoms with Gasteiger partial charge >= 0.3 is 0 Å². The lowest BCUT2D eigenvalue weighted by Crippen LogP contribution is -2.37. The molecular formula is C18H29NO4S. The van der Waals surface area contributed by atoms with Gasteiger partial charge in [-0.25, -0.2) is 13.1 Å². The van der Waals surface area contributed by atoms with Crippen molar-refractivity contribution in [3.05, 3.63) is 24.3 Å². The monoisotopic (exact) mass is 355 g/mol. The van der Waals surface area contributed by atoms with Gasteiger partial charge < -0.3 is 9.47 Å². The molecule has 0 saturated heterocycles. The van der Waals surface area contributed by atoms with E-state index in [-0.39, 0.29) is 15.8 Å². The number of hydrogen-bond acceptors (Lipinski definition) is 4. The molecule has 0 spiro atoms. The van der Waals surface area contributed by atoms with Crippen LogP contribution in [0.4, 0.5) is 0 Å². The Morgan fingerprint density at radius 2 is 1.96 bits per heavy atom. The Bertz CT molecular complexity index is 645. The van der Waals surface area contributed by atoms with Crippen LogP contribution in [0.25, 0.3) is 0 Å². The third-order valence-electron chi connectivity index (χ3n) is 4.04. The second-order valence-corrected chi connectivity index (χ2v) is 9.46. The highest BCUT2D eigenvalue weighted by molar-refractivity contribution is 7.89. The molecule has 0 unspecified atom stereocenters. The van der Waals surface area contributed by atoms with Gasteiger partial charge in [0.2, 0.25) is 10.0 Å². The smallest absolute Gasteiger partial charge is 0.241 e. The summed E-state index contributed by atoms with van der Waals surface area (Å²) in [7, 11) is -2.00. The van der Waals surface area contributed by atoms with Crippen molar-refractivity contribution in [3.63, 3.8) is 0 Å². The third kappa shape index (κ3) is 5.76. The zero-order valence-electron chi connectivity index (χ0n) is 15.1. The van der Waals surface area contributed by atoms with Gasteiger partial charge in [0.25, 0.3) is 0 Å². The summed E-state index contributed by atoms with van der Waals surface area (Å²) < 4.78 is 38.8. The van der Waals surface area contributed by atoms with E-state index in [4.69, 9.17) is 9.47 Å². The second-order valence-electron chi connectivity index (χ2n) is 7.78. The molecule has 0 bridgehead atoms. The first-order chi connectivity index (χ1) is 11.2.